The standard InChI is InChI=1S/C14H23NO4/c1-10-6-5-9-19-14(10,18)12(16)13(17)15-8-4-3-7-11(15)2/h10-11,18H,3-9H2,1-2H3/t10-,11-,14-/m1/s1. The summed E-state index contributed by atoms with van der Waals surface area (Å²) < 4.78 is 5.25. The fraction of sp³-hybridized carbons (Fsp3) is 0.857. The Bertz CT molecular complexity index is 370. The molecule has 0 aromatic rings. The molecule has 0 radical (unpaired) electrons. The van der Waals surface area contributed by atoms with Crippen LogP contribution in [-0.2, 0) is 14.3 Å². The van der Waals surface area contributed by atoms with Gasteiger partial charge in [0.2, 0.25) is 5.79 Å². The van der Waals surface area contributed by atoms with Gasteiger partial charge >= 0.3 is 0 Å². The molecule has 2 aliphatic rings. The van der Waals surface area contributed by atoms with Gasteiger partial charge in [-0.25, -0.2) is 0 Å². The molecule has 5 nitrogen and oxygen atoms in total. The number of rotatable bonds is 2. The zero-order chi connectivity index (χ0) is 14.0. The van der Waals surface area contributed by atoms with Gasteiger partial charge in [0.25, 0.3) is 11.7 Å². The van der Waals surface area contributed by atoms with Crippen molar-refractivity contribution < 1.29 is 19.4 Å². The molecule has 1 N–H and O–H groups in total. The molecule has 2 heterocycles. The number of ketones is 1. The number of ether oxygens (including phenoxy) is 1. The van der Waals surface area contributed by atoms with Crippen LogP contribution in [0.25, 0.3) is 0 Å². The molecule has 0 aromatic heterocycles. The van der Waals surface area contributed by atoms with Crippen molar-refractivity contribution >= 4 is 11.7 Å². The number of piperidine rings is 1. The van der Waals surface area contributed by atoms with Crippen LogP contribution in [0.4, 0.5) is 0 Å². The van der Waals surface area contributed by atoms with Crippen LogP contribution in [0.15, 0.2) is 0 Å². The van der Waals surface area contributed by atoms with E-state index in [-0.39, 0.29) is 12.0 Å². The van der Waals surface area contributed by atoms with E-state index in [4.69, 9.17) is 4.74 Å². The fourth-order valence-corrected chi connectivity index (χ4v) is 2.93. The Morgan fingerprint density at radius 1 is 1.21 bits per heavy atom. The number of carbonyl (C=O) groups excluding carboxylic acids is 2. The summed E-state index contributed by atoms with van der Waals surface area (Å²) in [6.45, 7) is 4.62. The first kappa shape index (κ1) is 14.5. The molecule has 0 aromatic carbocycles. The molecule has 108 valence electrons. The van der Waals surface area contributed by atoms with Gasteiger partial charge in [-0.2, -0.15) is 0 Å². The molecule has 1 amide bonds. The highest BCUT2D eigenvalue weighted by Gasteiger charge is 2.49. The zero-order valence-corrected chi connectivity index (χ0v) is 11.7. The second-order valence-electron chi connectivity index (χ2n) is 5.76. The third-order valence-electron chi connectivity index (χ3n) is 4.35. The molecule has 2 rings (SSSR count). The third kappa shape index (κ3) is 2.67. The quantitative estimate of drug-likeness (QED) is 0.762. The van der Waals surface area contributed by atoms with Crippen LogP contribution < -0.4 is 0 Å². The molecule has 19 heavy (non-hydrogen) atoms. The minimum Gasteiger partial charge on any atom is -0.359 e. The number of hydrogen-bond acceptors (Lipinski definition) is 4. The minimum absolute atomic E-state index is 0.0627. The van der Waals surface area contributed by atoms with E-state index in [2.05, 4.69) is 0 Å². The van der Waals surface area contributed by atoms with Gasteiger partial charge in [-0.15, -0.1) is 0 Å². The van der Waals surface area contributed by atoms with Crippen LogP contribution in [0.2, 0.25) is 0 Å². The Labute approximate surface area is 113 Å². The predicted molar refractivity (Wildman–Crippen MR) is 69.3 cm³/mol. The minimum atomic E-state index is -1.92. The molecule has 0 aliphatic carbocycles. The maximum atomic E-state index is 12.3. The Kier molecular flexibility index (Phi) is 4.26. The second-order valence-corrected chi connectivity index (χ2v) is 5.76. The summed E-state index contributed by atoms with van der Waals surface area (Å²) in [4.78, 5) is 26.2. The highest BCUT2D eigenvalue weighted by Crippen LogP contribution is 2.30. The largest absolute Gasteiger partial charge is 0.359 e. The van der Waals surface area contributed by atoms with Gasteiger partial charge in [0.05, 0.1) is 6.61 Å². The Morgan fingerprint density at radius 3 is 2.58 bits per heavy atom. The topological polar surface area (TPSA) is 66.8 Å². The molecular weight excluding hydrogens is 246 g/mol. The molecule has 0 spiro atoms. The monoisotopic (exact) mass is 269 g/mol. The highest BCUT2D eigenvalue weighted by molar-refractivity contribution is 6.38. The van der Waals surface area contributed by atoms with Crippen molar-refractivity contribution in [3.63, 3.8) is 0 Å². The number of amides is 1. The van der Waals surface area contributed by atoms with Gasteiger partial charge in [0.15, 0.2) is 0 Å². The molecule has 2 aliphatic heterocycles. The summed E-state index contributed by atoms with van der Waals surface area (Å²) >= 11 is 0. The normalized spacial score (nSPS) is 36.1. The molecule has 2 fully saturated rings. The van der Waals surface area contributed by atoms with Crippen molar-refractivity contribution in [2.75, 3.05) is 13.2 Å². The van der Waals surface area contributed by atoms with Crippen LogP contribution in [0.1, 0.15) is 46.0 Å². The van der Waals surface area contributed by atoms with Gasteiger partial charge in [-0.3, -0.25) is 9.59 Å². The lowest BCUT2D eigenvalue weighted by Gasteiger charge is -2.39. The van der Waals surface area contributed by atoms with E-state index in [0.29, 0.717) is 19.6 Å². The van der Waals surface area contributed by atoms with Crippen LogP contribution in [0, 0.1) is 5.92 Å². The molecule has 3 atom stereocenters. The third-order valence-corrected chi connectivity index (χ3v) is 4.35. The number of hydrogen-bond donors (Lipinski definition) is 1. The lowest BCUT2D eigenvalue weighted by molar-refractivity contribution is -0.240. The van der Waals surface area contributed by atoms with E-state index >= 15 is 0 Å². The summed E-state index contributed by atoms with van der Waals surface area (Å²) in [6.07, 6.45) is 4.42. The maximum absolute atomic E-state index is 12.3. The Hall–Kier alpha value is -0.940. The van der Waals surface area contributed by atoms with E-state index in [1.54, 1.807) is 11.8 Å². The molecule has 2 saturated heterocycles. The van der Waals surface area contributed by atoms with Crippen LogP contribution in [-0.4, -0.2) is 46.7 Å². The lowest BCUT2D eigenvalue weighted by atomic mass is 9.88. The van der Waals surface area contributed by atoms with E-state index in [9.17, 15) is 14.7 Å². The van der Waals surface area contributed by atoms with E-state index in [0.717, 1.165) is 25.7 Å². The van der Waals surface area contributed by atoms with E-state index in [1.807, 2.05) is 6.92 Å². The fourth-order valence-electron chi connectivity index (χ4n) is 2.93. The Balaban J connectivity index is 2.11. The zero-order valence-electron chi connectivity index (χ0n) is 11.7. The van der Waals surface area contributed by atoms with Crippen molar-refractivity contribution in [2.24, 2.45) is 5.92 Å². The number of aliphatic hydroxyl groups is 1. The first-order valence-electron chi connectivity index (χ1n) is 7.18. The first-order valence-corrected chi connectivity index (χ1v) is 7.18. The van der Waals surface area contributed by atoms with Gasteiger partial charge in [-0.1, -0.05) is 6.92 Å². The van der Waals surface area contributed by atoms with Crippen molar-refractivity contribution in [1.82, 2.24) is 4.90 Å². The number of carbonyl (C=O) groups is 2. The molecule has 0 bridgehead atoms. The molecule has 0 unspecified atom stereocenters. The predicted octanol–water partition coefficient (Wildman–Crippen LogP) is 1.09. The average molecular weight is 269 g/mol. The van der Waals surface area contributed by atoms with Gasteiger partial charge in [-0.05, 0) is 39.0 Å². The van der Waals surface area contributed by atoms with Crippen LogP contribution in [0.5, 0.6) is 0 Å². The van der Waals surface area contributed by atoms with Gasteiger partial charge in [0.1, 0.15) is 0 Å². The summed E-state index contributed by atoms with van der Waals surface area (Å²) in [5.41, 5.74) is 0. The number of nitrogens with zero attached hydrogens (tertiary/aromatic N) is 1. The van der Waals surface area contributed by atoms with Gasteiger partial charge in [0, 0.05) is 18.5 Å². The summed E-state index contributed by atoms with van der Waals surface area (Å²) in [7, 11) is 0. The molecule has 5 heteroatoms. The van der Waals surface area contributed by atoms with E-state index in [1.165, 1.54) is 0 Å². The van der Waals surface area contributed by atoms with Crippen LogP contribution in [0.3, 0.4) is 0 Å². The Morgan fingerprint density at radius 2 is 1.95 bits per heavy atom. The summed E-state index contributed by atoms with van der Waals surface area (Å²) in [6, 6.07) is 0.0627. The smallest absolute Gasteiger partial charge is 0.296 e. The maximum Gasteiger partial charge on any atom is 0.296 e. The van der Waals surface area contributed by atoms with Crippen molar-refractivity contribution in [2.45, 2.75) is 57.8 Å². The van der Waals surface area contributed by atoms with Crippen molar-refractivity contribution in [3.05, 3.63) is 0 Å². The lowest BCUT2D eigenvalue weighted by Crippen LogP contribution is -2.57. The molecular formula is C14H23NO4. The average Bonchev–Trinajstić information content (AvgIpc) is 2.41. The summed E-state index contributed by atoms with van der Waals surface area (Å²) in [5, 5.41) is 10.4. The molecule has 0 saturated carbocycles. The second kappa shape index (κ2) is 5.59. The van der Waals surface area contributed by atoms with Crippen molar-refractivity contribution in [3.8, 4) is 0 Å². The summed E-state index contributed by atoms with van der Waals surface area (Å²) in [5.74, 6) is -3.65. The SMILES string of the molecule is C[C@@H]1CCCCN1C(=O)C(=O)[C@]1(O)OCCC[C@H]1C. The van der Waals surface area contributed by atoms with Crippen molar-refractivity contribution in [1.29, 1.82) is 0 Å². The van der Waals surface area contributed by atoms with E-state index < -0.39 is 17.5 Å². The number of likely N-dealkylation sites (tertiary alicyclic amines) is 1. The van der Waals surface area contributed by atoms with Gasteiger partial charge < -0.3 is 14.7 Å². The number of Topliss-reactive ketones (excluding diaryl/α,β-unsaturated/α-hetero) is 1. The first-order chi connectivity index (χ1) is 8.97. The highest BCUT2D eigenvalue weighted by atomic mass is 16.6. The van der Waals surface area contributed by atoms with Crippen LogP contribution >= 0.6 is 0 Å².